The van der Waals surface area contributed by atoms with Crippen LogP contribution in [0.5, 0.6) is 0 Å². The maximum Gasteiger partial charge on any atom is 0.141 e. The summed E-state index contributed by atoms with van der Waals surface area (Å²) in [7, 11) is 2.02. The Balaban J connectivity index is 2.86. The highest BCUT2D eigenvalue weighted by Crippen LogP contribution is 2.14. The van der Waals surface area contributed by atoms with Gasteiger partial charge in [-0.05, 0) is 13.0 Å². The van der Waals surface area contributed by atoms with E-state index in [0.717, 1.165) is 12.2 Å². The Hall–Kier alpha value is -1.29. The van der Waals surface area contributed by atoms with Crippen molar-refractivity contribution in [2.45, 2.75) is 6.92 Å². The fraction of sp³-hybridized carbons (Fsp3) is 0.375. The Kier molecular flexibility index (Phi) is 2.88. The van der Waals surface area contributed by atoms with E-state index >= 15 is 0 Å². The predicted molar refractivity (Wildman–Crippen MR) is 51.0 cm³/mol. The number of nitrogens with zero attached hydrogens (tertiary/aromatic N) is 2. The van der Waals surface area contributed by atoms with Crippen LogP contribution in [0.1, 0.15) is 6.92 Å². The average molecular weight is 166 g/mol. The van der Waals surface area contributed by atoms with E-state index < -0.39 is 0 Å². The van der Waals surface area contributed by atoms with Crippen LogP contribution in [0.25, 0.3) is 0 Å². The Morgan fingerprint density at radius 1 is 1.67 bits per heavy atom. The van der Waals surface area contributed by atoms with Gasteiger partial charge in [-0.25, -0.2) is 10.8 Å². The lowest BCUT2D eigenvalue weighted by Gasteiger charge is -2.16. The Morgan fingerprint density at radius 3 is 3.00 bits per heavy atom. The molecule has 12 heavy (non-hydrogen) atoms. The molecule has 0 radical (unpaired) electrons. The van der Waals surface area contributed by atoms with Crippen molar-refractivity contribution in [3.8, 4) is 0 Å². The van der Waals surface area contributed by atoms with Crippen LogP contribution in [0.2, 0.25) is 0 Å². The molecule has 4 nitrogen and oxygen atoms in total. The molecule has 0 aliphatic rings. The minimum absolute atomic E-state index is 0.688. The van der Waals surface area contributed by atoms with Gasteiger partial charge < -0.3 is 10.3 Å². The Labute approximate surface area is 72.4 Å². The molecule has 0 atom stereocenters. The van der Waals surface area contributed by atoms with E-state index in [4.69, 9.17) is 5.84 Å². The van der Waals surface area contributed by atoms with Crippen LogP contribution in [-0.2, 0) is 0 Å². The van der Waals surface area contributed by atoms with E-state index in [-0.39, 0.29) is 0 Å². The smallest absolute Gasteiger partial charge is 0.141 e. The summed E-state index contributed by atoms with van der Waals surface area (Å²) >= 11 is 0. The van der Waals surface area contributed by atoms with Crippen molar-refractivity contribution >= 4 is 11.5 Å². The molecule has 0 aromatic carbocycles. The molecule has 3 N–H and O–H groups in total. The van der Waals surface area contributed by atoms with E-state index in [0.29, 0.717) is 5.82 Å². The van der Waals surface area contributed by atoms with E-state index in [2.05, 4.69) is 22.2 Å². The molecule has 0 saturated carbocycles. The topological polar surface area (TPSA) is 54.2 Å². The second kappa shape index (κ2) is 3.92. The molecule has 66 valence electrons. The zero-order chi connectivity index (χ0) is 8.97. The van der Waals surface area contributed by atoms with Crippen molar-refractivity contribution in [3.63, 3.8) is 0 Å². The first kappa shape index (κ1) is 8.80. The van der Waals surface area contributed by atoms with Gasteiger partial charge in [0, 0.05) is 31.5 Å². The first-order chi connectivity index (χ1) is 5.77. The van der Waals surface area contributed by atoms with Gasteiger partial charge in [-0.3, -0.25) is 0 Å². The number of aromatic nitrogens is 1. The molecule has 4 heteroatoms. The van der Waals surface area contributed by atoms with Gasteiger partial charge in [-0.2, -0.15) is 0 Å². The molecule has 1 heterocycles. The number of anilines is 2. The molecule has 0 aliphatic carbocycles. The number of nitrogens with one attached hydrogen (secondary N) is 1. The molecule has 0 saturated heterocycles. The summed E-state index contributed by atoms with van der Waals surface area (Å²) in [5, 5.41) is 0. The molecule has 0 spiro atoms. The molecule has 0 fully saturated rings. The molecule has 0 bridgehead atoms. The maximum absolute atomic E-state index is 5.23. The van der Waals surface area contributed by atoms with E-state index in [9.17, 15) is 0 Å². The van der Waals surface area contributed by atoms with Crippen LogP contribution in [0.4, 0.5) is 11.5 Å². The Morgan fingerprint density at radius 2 is 2.42 bits per heavy atom. The van der Waals surface area contributed by atoms with Crippen molar-refractivity contribution < 1.29 is 0 Å². The zero-order valence-corrected chi connectivity index (χ0v) is 7.41. The highest BCUT2D eigenvalue weighted by atomic mass is 15.2. The molecule has 1 rings (SSSR count). The highest BCUT2D eigenvalue weighted by Gasteiger charge is 1.98. The average Bonchev–Trinajstić information content (AvgIpc) is 2.17. The van der Waals surface area contributed by atoms with Gasteiger partial charge in [0.05, 0.1) is 0 Å². The highest BCUT2D eigenvalue weighted by molar-refractivity contribution is 5.52. The van der Waals surface area contributed by atoms with Gasteiger partial charge in [-0.15, -0.1) is 0 Å². The maximum atomic E-state index is 5.23. The van der Waals surface area contributed by atoms with Crippen LogP contribution >= 0.6 is 0 Å². The van der Waals surface area contributed by atoms with Gasteiger partial charge >= 0.3 is 0 Å². The summed E-state index contributed by atoms with van der Waals surface area (Å²) in [6.07, 6.45) is 1.73. The zero-order valence-electron chi connectivity index (χ0n) is 7.41. The number of hydrogen-bond acceptors (Lipinski definition) is 4. The lowest BCUT2D eigenvalue weighted by atomic mass is 10.3. The van der Waals surface area contributed by atoms with Gasteiger partial charge in [0.2, 0.25) is 0 Å². The lowest BCUT2D eigenvalue weighted by Crippen LogP contribution is -2.16. The van der Waals surface area contributed by atoms with Crippen molar-refractivity contribution in [2.75, 3.05) is 23.9 Å². The minimum atomic E-state index is 0.688. The fourth-order valence-electron chi connectivity index (χ4n) is 0.918. The molecule has 0 amide bonds. The Bertz CT molecular complexity index is 249. The summed E-state index contributed by atoms with van der Waals surface area (Å²) < 4.78 is 0. The summed E-state index contributed by atoms with van der Waals surface area (Å²) in [6.45, 7) is 3.06. The third-order valence-electron chi connectivity index (χ3n) is 1.81. The molecular formula is C8H14N4. The number of rotatable bonds is 3. The first-order valence-electron chi connectivity index (χ1n) is 3.91. The van der Waals surface area contributed by atoms with Gasteiger partial charge in [0.25, 0.3) is 0 Å². The molecule has 0 unspecified atom stereocenters. The van der Waals surface area contributed by atoms with Gasteiger partial charge in [-0.1, -0.05) is 0 Å². The van der Waals surface area contributed by atoms with Gasteiger partial charge in [0.15, 0.2) is 0 Å². The molecular weight excluding hydrogens is 152 g/mol. The summed E-state index contributed by atoms with van der Waals surface area (Å²) in [5.41, 5.74) is 3.62. The van der Waals surface area contributed by atoms with Crippen molar-refractivity contribution in [2.24, 2.45) is 5.84 Å². The standard InChI is InChI=1S/C8H14N4/c1-3-12(2)7-4-5-10-8(6-7)11-9/h4-6H,3,9H2,1-2H3,(H,10,11). The minimum Gasteiger partial charge on any atom is -0.375 e. The monoisotopic (exact) mass is 166 g/mol. The number of nitrogens with two attached hydrogens (primary N) is 1. The largest absolute Gasteiger partial charge is 0.375 e. The first-order valence-corrected chi connectivity index (χ1v) is 3.91. The summed E-state index contributed by atoms with van der Waals surface area (Å²) in [6, 6.07) is 3.86. The van der Waals surface area contributed by atoms with E-state index in [1.165, 1.54) is 0 Å². The van der Waals surface area contributed by atoms with Crippen LogP contribution < -0.4 is 16.2 Å². The summed E-state index contributed by atoms with van der Waals surface area (Å²) in [4.78, 5) is 6.13. The van der Waals surface area contributed by atoms with Crippen LogP contribution in [-0.4, -0.2) is 18.6 Å². The SMILES string of the molecule is CCN(C)c1ccnc(NN)c1. The van der Waals surface area contributed by atoms with E-state index in [1.807, 2.05) is 19.2 Å². The quantitative estimate of drug-likeness (QED) is 0.515. The van der Waals surface area contributed by atoms with Crippen LogP contribution in [0.15, 0.2) is 18.3 Å². The van der Waals surface area contributed by atoms with Crippen LogP contribution in [0.3, 0.4) is 0 Å². The predicted octanol–water partition coefficient (Wildman–Crippen LogP) is 0.823. The van der Waals surface area contributed by atoms with Crippen LogP contribution in [0, 0.1) is 0 Å². The number of pyridine rings is 1. The second-order valence-electron chi connectivity index (χ2n) is 2.56. The number of nitrogen functional groups attached to an aromatic ring is 1. The molecule has 0 aliphatic heterocycles. The second-order valence-corrected chi connectivity index (χ2v) is 2.56. The lowest BCUT2D eigenvalue weighted by molar-refractivity contribution is 0.965. The van der Waals surface area contributed by atoms with Gasteiger partial charge in [0.1, 0.15) is 5.82 Å². The van der Waals surface area contributed by atoms with Crippen molar-refractivity contribution in [3.05, 3.63) is 18.3 Å². The van der Waals surface area contributed by atoms with Crippen molar-refractivity contribution in [1.82, 2.24) is 4.98 Å². The number of hydrogen-bond donors (Lipinski definition) is 2. The molecule has 1 aromatic rings. The third-order valence-corrected chi connectivity index (χ3v) is 1.81. The number of hydrazine groups is 1. The fourth-order valence-corrected chi connectivity index (χ4v) is 0.918. The summed E-state index contributed by atoms with van der Waals surface area (Å²) in [5.74, 6) is 5.92. The third kappa shape index (κ3) is 1.85. The van der Waals surface area contributed by atoms with E-state index in [1.54, 1.807) is 6.20 Å². The normalized spacial score (nSPS) is 9.58. The van der Waals surface area contributed by atoms with Crippen molar-refractivity contribution in [1.29, 1.82) is 0 Å². The molecule has 1 aromatic heterocycles.